The first-order valence-electron chi connectivity index (χ1n) is 7.14. The third-order valence-corrected chi connectivity index (χ3v) is 3.49. The molecule has 2 aromatic rings. The van der Waals surface area contributed by atoms with Gasteiger partial charge in [0.15, 0.2) is 5.82 Å². The molecule has 0 saturated heterocycles. The van der Waals surface area contributed by atoms with Crippen molar-refractivity contribution in [2.45, 2.75) is 25.8 Å². The van der Waals surface area contributed by atoms with Crippen LogP contribution in [0.15, 0.2) is 42.7 Å². The molecule has 1 aromatic heterocycles. The van der Waals surface area contributed by atoms with E-state index < -0.39 is 11.6 Å². The van der Waals surface area contributed by atoms with Gasteiger partial charge in [-0.05, 0) is 13.3 Å². The molecule has 0 fully saturated rings. The zero-order chi connectivity index (χ0) is 16.0. The topological polar surface area (TPSA) is 87.1 Å². The van der Waals surface area contributed by atoms with Gasteiger partial charge < -0.3 is 15.7 Å². The Morgan fingerprint density at radius 1 is 1.23 bits per heavy atom. The average molecular weight is 300 g/mol. The molecule has 22 heavy (non-hydrogen) atoms. The van der Waals surface area contributed by atoms with Crippen LogP contribution in [-0.2, 0) is 0 Å². The third kappa shape index (κ3) is 4.02. The van der Waals surface area contributed by atoms with Crippen LogP contribution in [0.25, 0.3) is 11.4 Å². The number of hydrogen-bond acceptors (Lipinski definition) is 4. The number of nitrogens with one attached hydrogen (secondary N) is 2. The molecule has 2 amide bonds. The fraction of sp³-hybridized carbons (Fsp3) is 0.312. The van der Waals surface area contributed by atoms with E-state index in [1.165, 1.54) is 0 Å². The van der Waals surface area contributed by atoms with Gasteiger partial charge >= 0.3 is 6.03 Å². The Kier molecular flexibility index (Phi) is 5.06. The van der Waals surface area contributed by atoms with Crippen molar-refractivity contribution in [3.8, 4) is 11.4 Å². The molecule has 0 bridgehead atoms. The molecule has 0 radical (unpaired) electrons. The van der Waals surface area contributed by atoms with E-state index in [0.717, 1.165) is 5.56 Å². The predicted molar refractivity (Wildman–Crippen MR) is 85.4 cm³/mol. The number of rotatable bonds is 5. The number of aliphatic hydroxyl groups is 1. The first-order chi connectivity index (χ1) is 10.6. The van der Waals surface area contributed by atoms with Crippen LogP contribution in [0, 0.1) is 0 Å². The van der Waals surface area contributed by atoms with E-state index in [1.807, 2.05) is 37.3 Å². The number of urea groups is 1. The number of nitrogens with zero attached hydrogens (tertiary/aromatic N) is 2. The highest BCUT2D eigenvalue weighted by molar-refractivity contribution is 5.89. The molecular weight excluding hydrogens is 280 g/mol. The SMILES string of the molecule is CC[C@](C)(CO)NC(=O)Nc1cnc(-c2ccccc2)nc1. The molecule has 1 aromatic carbocycles. The third-order valence-electron chi connectivity index (χ3n) is 3.49. The van der Waals surface area contributed by atoms with Crippen LogP contribution >= 0.6 is 0 Å². The summed E-state index contributed by atoms with van der Waals surface area (Å²) >= 11 is 0. The highest BCUT2D eigenvalue weighted by Gasteiger charge is 2.23. The number of carbonyl (C=O) groups excluding carboxylic acids is 1. The van der Waals surface area contributed by atoms with Crippen molar-refractivity contribution in [3.63, 3.8) is 0 Å². The van der Waals surface area contributed by atoms with Gasteiger partial charge in [0.1, 0.15) is 0 Å². The number of aromatic nitrogens is 2. The molecule has 1 heterocycles. The minimum Gasteiger partial charge on any atom is -0.394 e. The summed E-state index contributed by atoms with van der Waals surface area (Å²) in [5.41, 5.74) is 0.764. The van der Waals surface area contributed by atoms with Gasteiger partial charge in [-0.1, -0.05) is 37.3 Å². The smallest absolute Gasteiger partial charge is 0.319 e. The Balaban J connectivity index is 2.01. The lowest BCUT2D eigenvalue weighted by molar-refractivity contribution is 0.172. The minimum atomic E-state index is -0.644. The highest BCUT2D eigenvalue weighted by atomic mass is 16.3. The summed E-state index contributed by atoms with van der Waals surface area (Å²) in [6.45, 7) is 3.55. The summed E-state index contributed by atoms with van der Waals surface area (Å²) in [6.07, 6.45) is 3.73. The van der Waals surface area contributed by atoms with Gasteiger partial charge in [-0.3, -0.25) is 0 Å². The molecule has 0 saturated carbocycles. The van der Waals surface area contributed by atoms with Crippen molar-refractivity contribution >= 4 is 11.7 Å². The summed E-state index contributed by atoms with van der Waals surface area (Å²) in [5.74, 6) is 0.598. The van der Waals surface area contributed by atoms with E-state index in [0.29, 0.717) is 17.9 Å². The maximum Gasteiger partial charge on any atom is 0.319 e. The monoisotopic (exact) mass is 300 g/mol. The van der Waals surface area contributed by atoms with Gasteiger partial charge in [0, 0.05) is 5.56 Å². The number of aliphatic hydroxyl groups excluding tert-OH is 1. The second kappa shape index (κ2) is 7.00. The minimum absolute atomic E-state index is 0.125. The van der Waals surface area contributed by atoms with Crippen LogP contribution in [-0.4, -0.2) is 33.3 Å². The van der Waals surface area contributed by atoms with E-state index in [2.05, 4.69) is 20.6 Å². The summed E-state index contributed by atoms with van der Waals surface area (Å²) in [6, 6.07) is 9.20. The lowest BCUT2D eigenvalue weighted by atomic mass is 10.0. The zero-order valence-electron chi connectivity index (χ0n) is 12.7. The molecule has 3 N–H and O–H groups in total. The zero-order valence-corrected chi connectivity index (χ0v) is 12.7. The largest absolute Gasteiger partial charge is 0.394 e. The molecule has 1 atom stereocenters. The highest BCUT2D eigenvalue weighted by Crippen LogP contribution is 2.15. The second-order valence-electron chi connectivity index (χ2n) is 5.31. The van der Waals surface area contributed by atoms with E-state index in [9.17, 15) is 9.90 Å². The van der Waals surface area contributed by atoms with Crippen molar-refractivity contribution in [2.75, 3.05) is 11.9 Å². The predicted octanol–water partition coefficient (Wildman–Crippen LogP) is 2.43. The molecule has 0 aliphatic heterocycles. The van der Waals surface area contributed by atoms with E-state index in [-0.39, 0.29) is 6.61 Å². The summed E-state index contributed by atoms with van der Waals surface area (Å²) in [5, 5.41) is 14.7. The van der Waals surface area contributed by atoms with Crippen molar-refractivity contribution in [2.24, 2.45) is 0 Å². The van der Waals surface area contributed by atoms with Gasteiger partial charge in [0.25, 0.3) is 0 Å². The fourth-order valence-corrected chi connectivity index (χ4v) is 1.81. The summed E-state index contributed by atoms with van der Waals surface area (Å²) in [7, 11) is 0. The maximum absolute atomic E-state index is 11.9. The molecule has 0 unspecified atom stereocenters. The van der Waals surface area contributed by atoms with E-state index in [1.54, 1.807) is 19.3 Å². The normalized spacial score (nSPS) is 13.2. The standard InChI is InChI=1S/C16H20N4O2/c1-3-16(2,11-21)20-15(22)19-13-9-17-14(18-10-13)12-7-5-4-6-8-12/h4-10,21H,3,11H2,1-2H3,(H2,19,20,22)/t16-/m1/s1. The number of carbonyl (C=O) groups is 1. The molecule has 6 nitrogen and oxygen atoms in total. The van der Waals surface area contributed by atoms with Crippen LogP contribution in [0.5, 0.6) is 0 Å². The maximum atomic E-state index is 11.9. The lowest BCUT2D eigenvalue weighted by Crippen LogP contribution is -2.50. The first-order valence-corrected chi connectivity index (χ1v) is 7.14. The van der Waals surface area contributed by atoms with Crippen LogP contribution < -0.4 is 10.6 Å². The van der Waals surface area contributed by atoms with E-state index >= 15 is 0 Å². The Labute approximate surface area is 129 Å². The Hall–Kier alpha value is -2.47. The van der Waals surface area contributed by atoms with Gasteiger partial charge in [0.05, 0.1) is 30.2 Å². The van der Waals surface area contributed by atoms with Crippen molar-refractivity contribution in [3.05, 3.63) is 42.7 Å². The molecule has 6 heteroatoms. The molecular formula is C16H20N4O2. The van der Waals surface area contributed by atoms with Gasteiger partial charge in [-0.25, -0.2) is 14.8 Å². The van der Waals surface area contributed by atoms with Crippen LogP contribution in [0.2, 0.25) is 0 Å². The lowest BCUT2D eigenvalue weighted by Gasteiger charge is -2.27. The molecule has 0 aliphatic rings. The Bertz CT molecular complexity index is 610. The van der Waals surface area contributed by atoms with Gasteiger partial charge in [0.2, 0.25) is 0 Å². The quantitative estimate of drug-likeness (QED) is 0.791. The number of anilines is 1. The van der Waals surface area contributed by atoms with Crippen LogP contribution in [0.4, 0.5) is 10.5 Å². The Morgan fingerprint density at radius 2 is 1.86 bits per heavy atom. The number of benzene rings is 1. The average Bonchev–Trinajstić information content (AvgIpc) is 2.56. The number of amides is 2. The van der Waals surface area contributed by atoms with Crippen LogP contribution in [0.3, 0.4) is 0 Å². The first kappa shape index (κ1) is 15.9. The molecule has 0 aliphatic carbocycles. The molecule has 2 rings (SSSR count). The summed E-state index contributed by atoms with van der Waals surface area (Å²) < 4.78 is 0. The molecule has 116 valence electrons. The van der Waals surface area contributed by atoms with Crippen molar-refractivity contribution < 1.29 is 9.90 Å². The van der Waals surface area contributed by atoms with Crippen molar-refractivity contribution in [1.82, 2.24) is 15.3 Å². The second-order valence-corrected chi connectivity index (χ2v) is 5.31. The fourth-order valence-electron chi connectivity index (χ4n) is 1.81. The van der Waals surface area contributed by atoms with E-state index in [4.69, 9.17) is 0 Å². The van der Waals surface area contributed by atoms with Crippen molar-refractivity contribution in [1.29, 1.82) is 0 Å². The molecule has 0 spiro atoms. The number of hydrogen-bond donors (Lipinski definition) is 3. The summed E-state index contributed by atoms with van der Waals surface area (Å²) in [4.78, 5) is 20.4. The van der Waals surface area contributed by atoms with Crippen LogP contribution in [0.1, 0.15) is 20.3 Å². The van der Waals surface area contributed by atoms with Gasteiger partial charge in [-0.15, -0.1) is 0 Å². The van der Waals surface area contributed by atoms with Gasteiger partial charge in [-0.2, -0.15) is 0 Å². The Morgan fingerprint density at radius 3 is 2.41 bits per heavy atom.